The maximum Gasteiger partial charge on any atom is 0.0782 e. The lowest BCUT2D eigenvalue weighted by molar-refractivity contribution is 0.564. The number of aromatic nitrogens is 2. The number of nitrogens with one attached hydrogen (secondary N) is 1. The van der Waals surface area contributed by atoms with E-state index in [1.54, 1.807) is 12.4 Å². The van der Waals surface area contributed by atoms with Crippen molar-refractivity contribution in [2.75, 3.05) is 6.54 Å². The summed E-state index contributed by atoms with van der Waals surface area (Å²) in [5, 5.41) is 3.30. The predicted molar refractivity (Wildman–Crippen MR) is 56.6 cm³/mol. The van der Waals surface area contributed by atoms with E-state index in [-0.39, 0.29) is 6.04 Å². The zero-order valence-corrected chi connectivity index (χ0v) is 8.62. The van der Waals surface area contributed by atoms with Crippen LogP contribution >= 0.6 is 0 Å². The number of hydrogen-bond donors (Lipinski definition) is 1. The molecule has 1 N–H and O–H groups in total. The van der Waals surface area contributed by atoms with Crippen LogP contribution in [0.5, 0.6) is 0 Å². The van der Waals surface area contributed by atoms with E-state index >= 15 is 0 Å². The summed E-state index contributed by atoms with van der Waals surface area (Å²) in [5.41, 5.74) is 1.96. The van der Waals surface area contributed by atoms with Gasteiger partial charge in [-0.1, -0.05) is 0 Å². The van der Waals surface area contributed by atoms with Crippen LogP contribution in [0.2, 0.25) is 0 Å². The summed E-state index contributed by atoms with van der Waals surface area (Å²) in [6.07, 6.45) is 9.32. The lowest BCUT2D eigenvalue weighted by atomic mass is 10.2. The van der Waals surface area contributed by atoms with E-state index in [0.717, 1.165) is 24.4 Å². The van der Waals surface area contributed by atoms with Gasteiger partial charge in [0.15, 0.2) is 0 Å². The Morgan fingerprint density at radius 1 is 1.50 bits per heavy atom. The Balaban J connectivity index is 2.57. The molecule has 0 spiro atoms. The van der Waals surface area contributed by atoms with Crippen molar-refractivity contribution in [3.8, 4) is 12.3 Å². The van der Waals surface area contributed by atoms with Crippen LogP contribution in [0.15, 0.2) is 12.4 Å². The topological polar surface area (TPSA) is 37.8 Å². The van der Waals surface area contributed by atoms with Gasteiger partial charge in [0, 0.05) is 31.4 Å². The van der Waals surface area contributed by atoms with Crippen molar-refractivity contribution in [3.05, 3.63) is 23.8 Å². The van der Waals surface area contributed by atoms with Gasteiger partial charge in [0.05, 0.1) is 11.4 Å². The van der Waals surface area contributed by atoms with Gasteiger partial charge >= 0.3 is 0 Å². The lowest BCUT2D eigenvalue weighted by Crippen LogP contribution is -2.21. The first-order valence-electron chi connectivity index (χ1n) is 4.70. The average Bonchev–Trinajstić information content (AvgIpc) is 2.18. The van der Waals surface area contributed by atoms with E-state index in [9.17, 15) is 0 Å². The molecule has 0 amide bonds. The molecule has 3 heteroatoms. The number of terminal acetylenes is 1. The Morgan fingerprint density at radius 2 is 2.21 bits per heavy atom. The molecular weight excluding hydrogens is 174 g/mol. The van der Waals surface area contributed by atoms with Crippen LogP contribution in [-0.4, -0.2) is 16.5 Å². The van der Waals surface area contributed by atoms with Crippen LogP contribution in [0.25, 0.3) is 0 Å². The highest BCUT2D eigenvalue weighted by atomic mass is 14.9. The molecule has 0 aliphatic carbocycles. The maximum absolute atomic E-state index is 5.17. The van der Waals surface area contributed by atoms with E-state index in [4.69, 9.17) is 6.42 Å². The minimum absolute atomic E-state index is 0.206. The summed E-state index contributed by atoms with van der Waals surface area (Å²) in [6.45, 7) is 4.84. The van der Waals surface area contributed by atoms with Gasteiger partial charge in [-0.05, 0) is 13.8 Å². The van der Waals surface area contributed by atoms with Gasteiger partial charge in [-0.3, -0.25) is 9.97 Å². The summed E-state index contributed by atoms with van der Waals surface area (Å²) in [4.78, 5) is 8.47. The first kappa shape index (κ1) is 10.7. The third-order valence-electron chi connectivity index (χ3n) is 2.05. The number of aryl methyl sites for hydroxylation is 1. The van der Waals surface area contributed by atoms with Crippen molar-refractivity contribution in [2.45, 2.75) is 26.3 Å². The molecule has 1 aromatic rings. The molecule has 0 aliphatic heterocycles. The van der Waals surface area contributed by atoms with Gasteiger partial charge in [-0.15, -0.1) is 12.3 Å². The van der Waals surface area contributed by atoms with Gasteiger partial charge in [0.25, 0.3) is 0 Å². The van der Waals surface area contributed by atoms with Crippen molar-refractivity contribution in [3.63, 3.8) is 0 Å². The monoisotopic (exact) mass is 189 g/mol. The third kappa shape index (κ3) is 2.82. The molecule has 0 saturated heterocycles. The molecule has 1 heterocycles. The first-order valence-corrected chi connectivity index (χ1v) is 4.70. The van der Waals surface area contributed by atoms with Crippen molar-refractivity contribution < 1.29 is 0 Å². The molecule has 1 rings (SSSR count). The van der Waals surface area contributed by atoms with E-state index in [0.29, 0.717) is 0 Å². The van der Waals surface area contributed by atoms with Crippen molar-refractivity contribution in [2.24, 2.45) is 0 Å². The third-order valence-corrected chi connectivity index (χ3v) is 2.05. The molecule has 0 radical (unpaired) electrons. The molecule has 74 valence electrons. The zero-order valence-electron chi connectivity index (χ0n) is 8.62. The molecule has 1 unspecified atom stereocenters. The first-order chi connectivity index (χ1) is 6.75. The van der Waals surface area contributed by atoms with Gasteiger partial charge in [-0.25, -0.2) is 0 Å². The highest BCUT2D eigenvalue weighted by molar-refractivity contribution is 5.12. The second kappa shape index (κ2) is 5.36. The quantitative estimate of drug-likeness (QED) is 0.575. The number of rotatable bonds is 4. The Kier molecular flexibility index (Phi) is 4.09. The Morgan fingerprint density at radius 3 is 2.86 bits per heavy atom. The Hall–Kier alpha value is -1.40. The molecule has 0 fully saturated rings. The van der Waals surface area contributed by atoms with E-state index < -0.39 is 0 Å². The molecular formula is C11H15N3. The fraction of sp³-hybridized carbons (Fsp3) is 0.455. The average molecular weight is 189 g/mol. The maximum atomic E-state index is 5.17. The van der Waals surface area contributed by atoms with Gasteiger partial charge in [-0.2, -0.15) is 0 Å². The highest BCUT2D eigenvalue weighted by Crippen LogP contribution is 2.10. The molecule has 0 saturated carbocycles. The molecule has 0 aromatic carbocycles. The molecule has 1 atom stereocenters. The predicted octanol–water partition coefficient (Wildman–Crippen LogP) is 1.46. The molecule has 14 heavy (non-hydrogen) atoms. The minimum Gasteiger partial charge on any atom is -0.308 e. The van der Waals surface area contributed by atoms with Crippen LogP contribution in [-0.2, 0) is 0 Å². The van der Waals surface area contributed by atoms with Gasteiger partial charge in [0.1, 0.15) is 0 Å². The van der Waals surface area contributed by atoms with E-state index in [1.165, 1.54) is 0 Å². The zero-order chi connectivity index (χ0) is 10.4. The highest BCUT2D eigenvalue weighted by Gasteiger charge is 2.08. The second-order valence-electron chi connectivity index (χ2n) is 3.16. The normalized spacial score (nSPS) is 12.1. The van der Waals surface area contributed by atoms with E-state index in [2.05, 4.69) is 28.1 Å². The molecule has 3 nitrogen and oxygen atoms in total. The summed E-state index contributed by atoms with van der Waals surface area (Å²) in [6, 6.07) is 0.206. The summed E-state index contributed by atoms with van der Waals surface area (Å²) >= 11 is 0. The van der Waals surface area contributed by atoms with Gasteiger partial charge in [0.2, 0.25) is 0 Å². The van der Waals surface area contributed by atoms with Crippen LogP contribution in [0.3, 0.4) is 0 Å². The molecule has 0 bridgehead atoms. The smallest absolute Gasteiger partial charge is 0.0782 e. The molecule has 1 aromatic heterocycles. The van der Waals surface area contributed by atoms with Crippen molar-refractivity contribution in [1.82, 2.24) is 15.3 Å². The van der Waals surface area contributed by atoms with Crippen molar-refractivity contribution in [1.29, 1.82) is 0 Å². The van der Waals surface area contributed by atoms with Crippen LogP contribution < -0.4 is 5.32 Å². The summed E-state index contributed by atoms with van der Waals surface area (Å²) in [7, 11) is 0. The number of nitrogens with zero attached hydrogens (tertiary/aromatic N) is 2. The summed E-state index contributed by atoms with van der Waals surface area (Å²) < 4.78 is 0. The lowest BCUT2D eigenvalue weighted by Gasteiger charge is -2.13. The molecule has 0 aliphatic rings. The minimum atomic E-state index is 0.206. The summed E-state index contributed by atoms with van der Waals surface area (Å²) in [5.74, 6) is 2.59. The van der Waals surface area contributed by atoms with Crippen LogP contribution in [0.4, 0.5) is 0 Å². The van der Waals surface area contributed by atoms with Crippen LogP contribution in [0, 0.1) is 19.3 Å². The second-order valence-corrected chi connectivity index (χ2v) is 3.16. The fourth-order valence-corrected chi connectivity index (χ4v) is 1.30. The Bertz CT molecular complexity index is 328. The largest absolute Gasteiger partial charge is 0.308 e. The van der Waals surface area contributed by atoms with Gasteiger partial charge < -0.3 is 5.32 Å². The fourth-order valence-electron chi connectivity index (χ4n) is 1.30. The Labute approximate surface area is 85.0 Å². The number of hydrogen-bond acceptors (Lipinski definition) is 3. The van der Waals surface area contributed by atoms with E-state index in [1.807, 2.05) is 6.92 Å². The standard InChI is InChI=1S/C11H15N3/c1-4-5-6-12-9(2)11-10(3)13-7-8-14-11/h1,7-9,12H,5-6H2,2-3H3. The van der Waals surface area contributed by atoms with Crippen LogP contribution in [0.1, 0.15) is 30.8 Å². The SMILES string of the molecule is C#CCCNC(C)c1nccnc1C. The van der Waals surface area contributed by atoms with Crippen molar-refractivity contribution >= 4 is 0 Å².